The molecule has 4 rings (SSSR count). The van der Waals surface area contributed by atoms with Crippen molar-refractivity contribution in [1.82, 2.24) is 0 Å². The van der Waals surface area contributed by atoms with Crippen LogP contribution < -0.4 is 15.5 Å². The van der Waals surface area contributed by atoms with Crippen molar-refractivity contribution in [3.05, 3.63) is 77.4 Å². The molecule has 1 aliphatic rings. The molecule has 0 fully saturated rings. The topological polar surface area (TPSA) is 78.5 Å². The minimum Gasteiger partial charge on any atom is -0.326 e. The quantitative estimate of drug-likeness (QED) is 0.615. The summed E-state index contributed by atoms with van der Waals surface area (Å²) >= 11 is 1.53. The molecule has 0 saturated carbocycles. The SMILES string of the molecule is CC(=O)Nc1cc(C(=O)Nc2ccc3c(c2)N(C)C(=O)c2ccccc2S3)ccc1C. The Morgan fingerprint density at radius 2 is 1.71 bits per heavy atom. The van der Waals surface area contributed by atoms with E-state index in [4.69, 9.17) is 0 Å². The third-order valence-corrected chi connectivity index (χ3v) is 6.17. The van der Waals surface area contributed by atoms with Crippen LogP contribution in [0.5, 0.6) is 0 Å². The van der Waals surface area contributed by atoms with Crippen molar-refractivity contribution < 1.29 is 14.4 Å². The smallest absolute Gasteiger partial charge is 0.259 e. The number of nitrogens with one attached hydrogen (secondary N) is 2. The first-order valence-electron chi connectivity index (χ1n) is 9.72. The lowest BCUT2D eigenvalue weighted by molar-refractivity contribution is -0.114. The van der Waals surface area contributed by atoms with Gasteiger partial charge in [0.1, 0.15) is 0 Å². The molecule has 3 aromatic carbocycles. The highest BCUT2D eigenvalue weighted by molar-refractivity contribution is 7.99. The summed E-state index contributed by atoms with van der Waals surface area (Å²) in [5.41, 5.74) is 3.86. The molecular weight excluding hydrogens is 410 g/mol. The molecule has 0 spiro atoms. The molecule has 0 bridgehead atoms. The number of rotatable bonds is 3. The number of carbonyl (C=O) groups excluding carboxylic acids is 3. The van der Waals surface area contributed by atoms with Crippen molar-refractivity contribution in [3.8, 4) is 0 Å². The summed E-state index contributed by atoms with van der Waals surface area (Å²) < 4.78 is 0. The van der Waals surface area contributed by atoms with Gasteiger partial charge in [0, 0.05) is 40.7 Å². The van der Waals surface area contributed by atoms with Crippen LogP contribution in [-0.4, -0.2) is 24.8 Å². The summed E-state index contributed by atoms with van der Waals surface area (Å²) in [5.74, 6) is -0.591. The molecule has 0 unspecified atom stereocenters. The van der Waals surface area contributed by atoms with Gasteiger partial charge in [0.05, 0.1) is 11.3 Å². The average Bonchev–Trinajstić information content (AvgIpc) is 2.84. The summed E-state index contributed by atoms with van der Waals surface area (Å²) in [7, 11) is 1.73. The van der Waals surface area contributed by atoms with Crippen LogP contribution >= 0.6 is 11.8 Å². The van der Waals surface area contributed by atoms with Gasteiger partial charge in [-0.1, -0.05) is 30.0 Å². The Hall–Kier alpha value is -3.58. The van der Waals surface area contributed by atoms with Crippen LogP contribution in [0.4, 0.5) is 17.1 Å². The molecule has 1 heterocycles. The van der Waals surface area contributed by atoms with Gasteiger partial charge >= 0.3 is 0 Å². The van der Waals surface area contributed by atoms with Crippen molar-refractivity contribution in [2.45, 2.75) is 23.6 Å². The van der Waals surface area contributed by atoms with Gasteiger partial charge in [-0.05, 0) is 55.0 Å². The van der Waals surface area contributed by atoms with E-state index in [0.29, 0.717) is 22.5 Å². The van der Waals surface area contributed by atoms with Gasteiger partial charge in [0.15, 0.2) is 0 Å². The van der Waals surface area contributed by atoms with Crippen molar-refractivity contribution in [1.29, 1.82) is 0 Å². The van der Waals surface area contributed by atoms with Crippen molar-refractivity contribution >= 4 is 46.5 Å². The van der Waals surface area contributed by atoms with Gasteiger partial charge in [-0.25, -0.2) is 0 Å². The molecule has 2 N–H and O–H groups in total. The van der Waals surface area contributed by atoms with E-state index >= 15 is 0 Å². The second-order valence-electron chi connectivity index (χ2n) is 7.31. The van der Waals surface area contributed by atoms with Crippen LogP contribution in [0.25, 0.3) is 0 Å². The Balaban J connectivity index is 1.61. The van der Waals surface area contributed by atoms with Gasteiger partial charge in [0.2, 0.25) is 5.91 Å². The van der Waals surface area contributed by atoms with Crippen LogP contribution in [0.1, 0.15) is 33.2 Å². The lowest BCUT2D eigenvalue weighted by atomic mass is 10.1. The monoisotopic (exact) mass is 431 g/mol. The van der Waals surface area contributed by atoms with Crippen LogP contribution in [-0.2, 0) is 4.79 Å². The van der Waals surface area contributed by atoms with E-state index in [0.717, 1.165) is 21.0 Å². The maximum Gasteiger partial charge on any atom is 0.259 e. The number of amides is 3. The summed E-state index contributed by atoms with van der Waals surface area (Å²) in [4.78, 5) is 40.5. The van der Waals surface area contributed by atoms with E-state index in [9.17, 15) is 14.4 Å². The summed E-state index contributed by atoms with van der Waals surface area (Å²) in [5, 5.41) is 5.62. The Morgan fingerprint density at radius 3 is 2.48 bits per heavy atom. The van der Waals surface area contributed by atoms with E-state index in [1.54, 1.807) is 36.2 Å². The molecule has 7 heteroatoms. The maximum atomic E-state index is 12.9. The summed E-state index contributed by atoms with van der Waals surface area (Å²) in [6.07, 6.45) is 0. The van der Waals surface area contributed by atoms with E-state index < -0.39 is 0 Å². The molecular formula is C24H21N3O3S. The number of hydrogen-bond acceptors (Lipinski definition) is 4. The van der Waals surface area contributed by atoms with Crippen molar-refractivity contribution in [2.75, 3.05) is 22.6 Å². The number of hydrogen-bond donors (Lipinski definition) is 2. The molecule has 1 aliphatic heterocycles. The molecule has 0 aliphatic carbocycles. The zero-order chi connectivity index (χ0) is 22.1. The lowest BCUT2D eigenvalue weighted by Crippen LogP contribution is -2.26. The number of benzene rings is 3. The standard InChI is InChI=1S/C24H21N3O3S/c1-14-8-9-16(12-19(14)25-15(2)28)23(29)26-17-10-11-22-20(13-17)27(3)24(30)18-6-4-5-7-21(18)31-22/h4-13H,1-3H3,(H,25,28)(H,26,29). The van der Waals surface area contributed by atoms with Gasteiger partial charge < -0.3 is 15.5 Å². The third kappa shape index (κ3) is 4.18. The second kappa shape index (κ2) is 8.28. The van der Waals surface area contributed by atoms with Crippen molar-refractivity contribution in [3.63, 3.8) is 0 Å². The summed E-state index contributed by atoms with van der Waals surface area (Å²) in [6.45, 7) is 3.29. The zero-order valence-corrected chi connectivity index (χ0v) is 18.2. The number of aryl methyl sites for hydroxylation is 1. The number of anilines is 3. The first-order valence-corrected chi connectivity index (χ1v) is 10.5. The average molecular weight is 432 g/mol. The predicted molar refractivity (Wildman–Crippen MR) is 123 cm³/mol. The molecule has 156 valence electrons. The van der Waals surface area contributed by atoms with Crippen molar-refractivity contribution in [2.24, 2.45) is 0 Å². The summed E-state index contributed by atoms with van der Waals surface area (Å²) in [6, 6.07) is 18.2. The molecule has 0 saturated heterocycles. The molecule has 0 atom stereocenters. The van der Waals surface area contributed by atoms with E-state index in [-0.39, 0.29) is 17.7 Å². The van der Waals surface area contributed by atoms with E-state index in [1.165, 1.54) is 18.7 Å². The molecule has 31 heavy (non-hydrogen) atoms. The molecule has 3 aromatic rings. The number of fused-ring (bicyclic) bond motifs is 2. The highest BCUT2D eigenvalue weighted by Gasteiger charge is 2.25. The van der Waals surface area contributed by atoms with Crippen LogP contribution in [0.15, 0.2) is 70.5 Å². The molecule has 0 radical (unpaired) electrons. The number of carbonyl (C=O) groups is 3. The predicted octanol–water partition coefficient (Wildman–Crippen LogP) is 4.95. The van der Waals surface area contributed by atoms with Crippen LogP contribution in [0.2, 0.25) is 0 Å². The Morgan fingerprint density at radius 1 is 0.935 bits per heavy atom. The number of nitrogens with zero attached hydrogens (tertiary/aromatic N) is 1. The highest BCUT2D eigenvalue weighted by atomic mass is 32.2. The van der Waals surface area contributed by atoms with E-state index in [1.807, 2.05) is 43.3 Å². The van der Waals surface area contributed by atoms with Gasteiger partial charge in [-0.2, -0.15) is 0 Å². The Labute approximate surface area is 184 Å². The molecule has 0 aromatic heterocycles. The first-order chi connectivity index (χ1) is 14.8. The normalized spacial score (nSPS) is 12.5. The Kier molecular flexibility index (Phi) is 5.52. The van der Waals surface area contributed by atoms with Crippen LogP contribution in [0, 0.1) is 6.92 Å². The highest BCUT2D eigenvalue weighted by Crippen LogP contribution is 2.41. The fourth-order valence-electron chi connectivity index (χ4n) is 3.38. The first kappa shape index (κ1) is 20.7. The maximum absolute atomic E-state index is 12.9. The van der Waals surface area contributed by atoms with Gasteiger partial charge in [0.25, 0.3) is 11.8 Å². The largest absolute Gasteiger partial charge is 0.326 e. The minimum atomic E-state index is -0.301. The lowest BCUT2D eigenvalue weighted by Gasteiger charge is -2.18. The minimum absolute atomic E-state index is 0.0937. The second-order valence-corrected chi connectivity index (χ2v) is 8.39. The van der Waals surface area contributed by atoms with Gasteiger partial charge in [-0.3, -0.25) is 14.4 Å². The fraction of sp³-hybridized carbons (Fsp3) is 0.125. The molecule has 6 nitrogen and oxygen atoms in total. The Bertz CT molecular complexity index is 1220. The molecule has 3 amide bonds. The third-order valence-electron chi connectivity index (χ3n) is 5.03. The van der Waals surface area contributed by atoms with Crippen LogP contribution in [0.3, 0.4) is 0 Å². The fourth-order valence-corrected chi connectivity index (χ4v) is 4.46. The zero-order valence-electron chi connectivity index (χ0n) is 17.4. The van der Waals surface area contributed by atoms with E-state index in [2.05, 4.69) is 10.6 Å². The van der Waals surface area contributed by atoms with Gasteiger partial charge in [-0.15, -0.1) is 0 Å².